The van der Waals surface area contributed by atoms with Crippen LogP contribution in [0, 0.1) is 0 Å². The molecule has 1 aromatic heterocycles. The van der Waals surface area contributed by atoms with Gasteiger partial charge in [-0.15, -0.1) is 0 Å². The van der Waals surface area contributed by atoms with Gasteiger partial charge in [-0.25, -0.2) is 18.4 Å². The number of hydrazone groups is 1. The number of nitrogens with one attached hydrogen (secondary N) is 1. The van der Waals surface area contributed by atoms with Crippen LogP contribution >= 0.6 is 0 Å². The summed E-state index contributed by atoms with van der Waals surface area (Å²) in [7, 11) is -3.38. The molecule has 0 saturated carbocycles. The van der Waals surface area contributed by atoms with Gasteiger partial charge in [0.05, 0.1) is 18.5 Å². The van der Waals surface area contributed by atoms with Crippen LogP contribution in [0.3, 0.4) is 0 Å². The lowest BCUT2D eigenvalue weighted by molar-refractivity contribution is -0.0617. The first kappa shape index (κ1) is 28.6. The van der Waals surface area contributed by atoms with Crippen LogP contribution in [0.15, 0.2) is 71.8 Å². The van der Waals surface area contributed by atoms with Crippen molar-refractivity contribution in [2.75, 3.05) is 17.5 Å². The second kappa shape index (κ2) is 11.8. The average molecular weight is 550 g/mol. The van der Waals surface area contributed by atoms with Crippen molar-refractivity contribution < 1.29 is 13.5 Å². The van der Waals surface area contributed by atoms with E-state index in [1.54, 1.807) is 17.1 Å². The molecular weight excluding hydrogens is 510 g/mol. The first-order valence-electron chi connectivity index (χ1n) is 13.4. The maximum atomic E-state index is 11.5. The number of aromatic nitrogens is 1. The Morgan fingerprint density at radius 3 is 2.23 bits per heavy atom. The van der Waals surface area contributed by atoms with Crippen molar-refractivity contribution >= 4 is 21.7 Å². The van der Waals surface area contributed by atoms with Gasteiger partial charge in [-0.3, -0.25) is 4.72 Å². The lowest BCUT2D eigenvalue weighted by atomic mass is 9.87. The maximum Gasteiger partial charge on any atom is 0.230 e. The topological polar surface area (TPSA) is 98.1 Å². The summed E-state index contributed by atoms with van der Waals surface area (Å²) >= 11 is 0. The normalized spacial score (nSPS) is 15.9. The molecule has 1 aliphatic rings. The van der Waals surface area contributed by atoms with Crippen molar-refractivity contribution in [1.82, 2.24) is 14.9 Å². The van der Waals surface area contributed by atoms with Crippen molar-refractivity contribution in [1.29, 1.82) is 0 Å². The molecule has 0 amide bonds. The number of nitrogens with zero attached hydrogens (tertiary/aromatic N) is 4. The van der Waals surface area contributed by atoms with Gasteiger partial charge in [0.25, 0.3) is 0 Å². The minimum absolute atomic E-state index is 0.107. The molecule has 0 bridgehead atoms. The second-order valence-electron chi connectivity index (χ2n) is 11.0. The number of rotatable bonds is 10. The van der Waals surface area contributed by atoms with Gasteiger partial charge in [0.15, 0.2) is 0 Å². The van der Waals surface area contributed by atoms with Crippen LogP contribution in [0.25, 0.3) is 11.3 Å². The molecule has 4 rings (SSSR count). The predicted octanol–water partition coefficient (Wildman–Crippen LogP) is 5.17. The molecule has 1 atom stereocenters. The second-order valence-corrected chi connectivity index (χ2v) is 12.8. The number of hydrogen-bond acceptors (Lipinski definition) is 7. The van der Waals surface area contributed by atoms with E-state index >= 15 is 0 Å². The van der Waals surface area contributed by atoms with Crippen LogP contribution < -0.4 is 4.72 Å². The van der Waals surface area contributed by atoms with Crippen molar-refractivity contribution in [3.63, 3.8) is 0 Å². The van der Waals surface area contributed by atoms with Crippen LogP contribution in [0.2, 0.25) is 0 Å². The van der Waals surface area contributed by atoms with E-state index in [1.807, 2.05) is 30.0 Å². The Kier molecular flexibility index (Phi) is 8.61. The molecule has 0 saturated heterocycles. The maximum absolute atomic E-state index is 11.5. The zero-order valence-corrected chi connectivity index (χ0v) is 24.2. The molecular formula is C30H39N5O3S. The third-order valence-electron chi connectivity index (χ3n) is 6.78. The van der Waals surface area contributed by atoms with Gasteiger partial charge in [-0.1, -0.05) is 75.4 Å². The van der Waals surface area contributed by atoms with E-state index in [2.05, 4.69) is 66.9 Å². The van der Waals surface area contributed by atoms with Gasteiger partial charge >= 0.3 is 0 Å². The molecule has 1 unspecified atom stereocenters. The largest absolute Gasteiger partial charge is 0.355 e. The predicted molar refractivity (Wildman–Crippen MR) is 158 cm³/mol. The molecule has 2 heterocycles. The first-order chi connectivity index (χ1) is 18.4. The molecule has 8 nitrogen and oxygen atoms in total. The number of aryl methyl sites for hydroxylation is 1. The average Bonchev–Trinajstić information content (AvgIpc) is 3.17. The molecule has 0 radical (unpaired) electrons. The molecule has 2 aromatic carbocycles. The van der Waals surface area contributed by atoms with Gasteiger partial charge in [0, 0.05) is 18.5 Å². The van der Waals surface area contributed by atoms with Crippen LogP contribution in [0.1, 0.15) is 57.2 Å². The summed E-state index contributed by atoms with van der Waals surface area (Å²) in [6.45, 7) is 9.89. The molecule has 0 fully saturated rings. The Morgan fingerprint density at radius 1 is 0.949 bits per heavy atom. The fourth-order valence-corrected chi connectivity index (χ4v) is 5.13. The molecule has 0 spiro atoms. The van der Waals surface area contributed by atoms with E-state index in [0.29, 0.717) is 24.6 Å². The molecule has 3 aromatic rings. The highest BCUT2D eigenvalue weighted by molar-refractivity contribution is 7.92. The van der Waals surface area contributed by atoms with Crippen molar-refractivity contribution in [3.05, 3.63) is 83.4 Å². The van der Waals surface area contributed by atoms with Gasteiger partial charge in [0.1, 0.15) is 11.7 Å². The van der Waals surface area contributed by atoms with Gasteiger partial charge in [-0.2, -0.15) is 5.10 Å². The summed E-state index contributed by atoms with van der Waals surface area (Å²) in [5.41, 5.74) is 5.33. The third-order valence-corrected chi connectivity index (χ3v) is 7.36. The zero-order chi connectivity index (χ0) is 28.2. The van der Waals surface area contributed by atoms with E-state index < -0.39 is 16.4 Å². The van der Waals surface area contributed by atoms with E-state index in [-0.39, 0.29) is 5.41 Å². The number of hydrogen-bond donors (Lipinski definition) is 2. The molecule has 0 aliphatic carbocycles. The minimum Gasteiger partial charge on any atom is -0.355 e. The number of amidine groups is 1. The Labute approximate surface area is 232 Å². The Balaban J connectivity index is 1.35. The summed E-state index contributed by atoms with van der Waals surface area (Å²) in [5.74, 6) is 1.21. The quantitative estimate of drug-likeness (QED) is 0.362. The summed E-state index contributed by atoms with van der Waals surface area (Å²) in [5, 5.41) is 17.4. The minimum atomic E-state index is -3.38. The lowest BCUT2D eigenvalue weighted by Gasteiger charge is -2.26. The van der Waals surface area contributed by atoms with Crippen LogP contribution in [-0.2, 0) is 28.4 Å². The summed E-state index contributed by atoms with van der Waals surface area (Å²) in [6.07, 6.45) is 2.90. The summed E-state index contributed by atoms with van der Waals surface area (Å²) < 4.78 is 25.4. The summed E-state index contributed by atoms with van der Waals surface area (Å²) in [6, 6.07) is 22.0. The number of aliphatic hydroxyl groups excluding tert-OH is 1. The van der Waals surface area contributed by atoms with Crippen LogP contribution in [0.5, 0.6) is 0 Å². The smallest absolute Gasteiger partial charge is 0.230 e. The highest BCUT2D eigenvalue weighted by Gasteiger charge is 2.30. The standard InChI is InChI=1S/C30H39N5O3S/c1-6-34-28(32-35(29(34)36)21-23-15-19-25(20-16-23)30(2,3)4)12-7-9-22-13-17-24(18-14-22)26-10-8-11-27(31-26)33-39(5,37)38/h8,10-11,13-20,29,36H,6-7,9,12,21H2,1-5H3,(H,31,33). The lowest BCUT2D eigenvalue weighted by Crippen LogP contribution is -2.41. The van der Waals surface area contributed by atoms with Gasteiger partial charge in [-0.05, 0) is 54.0 Å². The van der Waals surface area contributed by atoms with E-state index in [4.69, 9.17) is 5.10 Å². The number of anilines is 1. The van der Waals surface area contributed by atoms with E-state index in [1.165, 1.54) is 11.1 Å². The number of sulfonamides is 1. The summed E-state index contributed by atoms with van der Waals surface area (Å²) in [4.78, 5) is 6.36. The SMILES string of the molecule is CCN1C(CCCc2ccc(-c3cccc(NS(C)(=O)=O)n3)cc2)=NN(Cc2ccc(C(C)(C)C)cc2)C1O. The zero-order valence-electron chi connectivity index (χ0n) is 23.4. The number of pyridine rings is 1. The Bertz CT molecular complexity index is 1400. The van der Waals surface area contributed by atoms with Crippen LogP contribution in [-0.4, -0.2) is 53.4 Å². The van der Waals surface area contributed by atoms with E-state index in [0.717, 1.165) is 42.5 Å². The molecule has 39 heavy (non-hydrogen) atoms. The Hall–Kier alpha value is -3.43. The van der Waals surface area contributed by atoms with Crippen LogP contribution in [0.4, 0.5) is 5.82 Å². The molecule has 1 aliphatic heterocycles. The molecule has 2 N–H and O–H groups in total. The molecule has 9 heteroatoms. The highest BCUT2D eigenvalue weighted by Crippen LogP contribution is 2.25. The van der Waals surface area contributed by atoms with Crippen molar-refractivity contribution in [2.45, 2.75) is 65.3 Å². The highest BCUT2D eigenvalue weighted by atomic mass is 32.2. The fourth-order valence-electron chi connectivity index (χ4n) is 4.64. The third kappa shape index (κ3) is 7.58. The van der Waals surface area contributed by atoms with Crippen molar-refractivity contribution in [2.24, 2.45) is 5.10 Å². The monoisotopic (exact) mass is 549 g/mol. The molecule has 208 valence electrons. The number of aliphatic hydroxyl groups is 1. The first-order valence-corrected chi connectivity index (χ1v) is 15.2. The number of benzene rings is 2. The van der Waals surface area contributed by atoms with Gasteiger partial charge in [0.2, 0.25) is 16.4 Å². The van der Waals surface area contributed by atoms with Gasteiger partial charge < -0.3 is 10.0 Å². The fraction of sp³-hybridized carbons (Fsp3) is 0.400. The van der Waals surface area contributed by atoms with Crippen molar-refractivity contribution in [3.8, 4) is 11.3 Å². The van der Waals surface area contributed by atoms with E-state index in [9.17, 15) is 13.5 Å². The Morgan fingerprint density at radius 2 is 1.62 bits per heavy atom.